The van der Waals surface area contributed by atoms with Crippen LogP contribution < -0.4 is 9.91 Å². The van der Waals surface area contributed by atoms with Crippen LogP contribution in [0.1, 0.15) is 33.9 Å². The highest BCUT2D eigenvalue weighted by Gasteiger charge is 2.37. The van der Waals surface area contributed by atoms with E-state index < -0.39 is 24.1 Å². The highest BCUT2D eigenvalue weighted by Crippen LogP contribution is 2.34. The second-order valence-electron chi connectivity index (χ2n) is 10.2. The molecule has 4 rings (SSSR count). The van der Waals surface area contributed by atoms with E-state index in [9.17, 15) is 8.42 Å². The van der Waals surface area contributed by atoms with E-state index in [0.717, 1.165) is 33.0 Å². The molecule has 0 heterocycles. The Kier molecular flexibility index (Phi) is 7.98. The van der Waals surface area contributed by atoms with Crippen LogP contribution in [0, 0.1) is 20.8 Å². The van der Waals surface area contributed by atoms with E-state index in [1.807, 2.05) is 87.5 Å². The number of hydrogen-bond donors (Lipinski definition) is 1. The standard InChI is InChI=1S/C32H35NO2SSi/c1-24-21-25(2)32(26(3)22-24)36(34,35)33-31(28-17-11-7-12-18-28)30(23-27-15-9-6-10-16-27)37(4,5)29-19-13-8-14-20-29/h6-23,31,33H,1-5H3/b30-23-. The molecule has 0 amide bonds. The number of hydrogen-bond acceptors (Lipinski definition) is 2. The Balaban J connectivity index is 1.94. The van der Waals surface area contributed by atoms with Gasteiger partial charge in [0.25, 0.3) is 0 Å². The van der Waals surface area contributed by atoms with Crippen LogP contribution in [-0.2, 0) is 10.0 Å². The molecule has 0 spiro atoms. The fourth-order valence-corrected chi connectivity index (χ4v) is 9.74. The molecule has 0 bridgehead atoms. The van der Waals surface area contributed by atoms with Crippen LogP contribution in [0.5, 0.6) is 0 Å². The molecule has 0 aliphatic rings. The molecule has 0 aromatic heterocycles. The molecule has 0 saturated heterocycles. The molecule has 4 aromatic rings. The first-order chi connectivity index (χ1) is 17.6. The van der Waals surface area contributed by atoms with Gasteiger partial charge in [-0.1, -0.05) is 138 Å². The number of sulfonamides is 1. The molecule has 4 aromatic carbocycles. The van der Waals surface area contributed by atoms with E-state index in [1.54, 1.807) is 0 Å². The topological polar surface area (TPSA) is 46.2 Å². The van der Waals surface area contributed by atoms with Gasteiger partial charge in [-0.05, 0) is 43.0 Å². The highest BCUT2D eigenvalue weighted by atomic mass is 32.2. The van der Waals surface area contributed by atoms with Crippen molar-refractivity contribution in [1.82, 2.24) is 4.72 Å². The van der Waals surface area contributed by atoms with Crippen molar-refractivity contribution in [2.75, 3.05) is 0 Å². The lowest BCUT2D eigenvalue weighted by Crippen LogP contribution is -2.48. The van der Waals surface area contributed by atoms with Gasteiger partial charge in [0.2, 0.25) is 10.0 Å². The maximum absolute atomic E-state index is 14.1. The Morgan fingerprint density at radius 3 is 1.78 bits per heavy atom. The Labute approximate surface area is 223 Å². The van der Waals surface area contributed by atoms with Gasteiger partial charge < -0.3 is 0 Å². The van der Waals surface area contributed by atoms with Gasteiger partial charge in [-0.25, -0.2) is 8.42 Å². The first-order valence-electron chi connectivity index (χ1n) is 12.6. The molecule has 0 fully saturated rings. The maximum atomic E-state index is 14.1. The third-order valence-electron chi connectivity index (χ3n) is 6.93. The number of rotatable bonds is 8. The van der Waals surface area contributed by atoms with Crippen LogP contribution >= 0.6 is 0 Å². The largest absolute Gasteiger partial charge is 0.241 e. The summed E-state index contributed by atoms with van der Waals surface area (Å²) in [6.07, 6.45) is 2.19. The number of benzene rings is 4. The second-order valence-corrected chi connectivity index (χ2v) is 16.2. The van der Waals surface area contributed by atoms with Crippen molar-refractivity contribution in [3.05, 3.63) is 136 Å². The quantitative estimate of drug-likeness (QED) is 0.255. The van der Waals surface area contributed by atoms with Gasteiger partial charge in [-0.2, -0.15) is 4.72 Å². The Morgan fingerprint density at radius 1 is 0.757 bits per heavy atom. The zero-order valence-electron chi connectivity index (χ0n) is 22.2. The summed E-state index contributed by atoms with van der Waals surface area (Å²) in [6, 6.07) is 33.9. The van der Waals surface area contributed by atoms with Gasteiger partial charge in [-0.15, -0.1) is 0 Å². The van der Waals surface area contributed by atoms with Crippen molar-refractivity contribution < 1.29 is 8.42 Å². The summed E-state index contributed by atoms with van der Waals surface area (Å²) in [6.45, 7) is 10.3. The molecule has 0 aliphatic heterocycles. The fraction of sp³-hybridized carbons (Fsp3) is 0.188. The number of nitrogens with one attached hydrogen (secondary N) is 1. The predicted octanol–water partition coefficient (Wildman–Crippen LogP) is 6.87. The van der Waals surface area contributed by atoms with E-state index >= 15 is 0 Å². The average molecular weight is 526 g/mol. The third kappa shape index (κ3) is 6.01. The lowest BCUT2D eigenvalue weighted by molar-refractivity contribution is 0.572. The van der Waals surface area contributed by atoms with E-state index in [2.05, 4.69) is 60.3 Å². The third-order valence-corrected chi connectivity index (χ3v) is 12.3. The van der Waals surface area contributed by atoms with Crippen molar-refractivity contribution in [2.24, 2.45) is 0 Å². The van der Waals surface area contributed by atoms with E-state index in [1.165, 1.54) is 5.19 Å². The fourth-order valence-electron chi connectivity index (χ4n) is 5.14. The summed E-state index contributed by atoms with van der Waals surface area (Å²) in [4.78, 5) is 0.359. The minimum absolute atomic E-state index is 0.359. The van der Waals surface area contributed by atoms with Gasteiger partial charge >= 0.3 is 0 Å². The van der Waals surface area contributed by atoms with Gasteiger partial charge in [0, 0.05) is 0 Å². The van der Waals surface area contributed by atoms with Crippen molar-refractivity contribution >= 4 is 29.4 Å². The van der Waals surface area contributed by atoms with Crippen molar-refractivity contribution in [3.8, 4) is 0 Å². The molecule has 37 heavy (non-hydrogen) atoms. The van der Waals surface area contributed by atoms with Gasteiger partial charge in [0.15, 0.2) is 0 Å². The van der Waals surface area contributed by atoms with Gasteiger partial charge in [0.05, 0.1) is 10.9 Å². The van der Waals surface area contributed by atoms with Crippen LogP contribution in [0.2, 0.25) is 13.1 Å². The molecule has 190 valence electrons. The zero-order chi connectivity index (χ0) is 26.6. The molecule has 1 unspecified atom stereocenters. The van der Waals surface area contributed by atoms with E-state index in [-0.39, 0.29) is 0 Å². The van der Waals surface area contributed by atoms with E-state index in [4.69, 9.17) is 0 Å². The van der Waals surface area contributed by atoms with Crippen molar-refractivity contribution in [2.45, 2.75) is 44.8 Å². The smallest absolute Gasteiger partial charge is 0.207 e. The molecular formula is C32H35NO2SSi. The first kappa shape index (κ1) is 26.8. The molecule has 1 atom stereocenters. The Morgan fingerprint density at radius 2 is 1.24 bits per heavy atom. The van der Waals surface area contributed by atoms with Crippen LogP contribution in [0.3, 0.4) is 0 Å². The van der Waals surface area contributed by atoms with Crippen molar-refractivity contribution in [3.63, 3.8) is 0 Å². The summed E-state index contributed by atoms with van der Waals surface area (Å²) in [5.74, 6) is 0. The summed E-state index contributed by atoms with van der Waals surface area (Å²) in [5, 5.41) is 2.35. The minimum Gasteiger partial charge on any atom is -0.207 e. The SMILES string of the molecule is Cc1cc(C)c(S(=O)(=O)NC(/C(=C/c2ccccc2)[Si](C)(C)c2ccccc2)c2ccccc2)c(C)c1. The van der Waals surface area contributed by atoms with Crippen LogP contribution in [0.4, 0.5) is 0 Å². The van der Waals surface area contributed by atoms with E-state index in [0.29, 0.717) is 4.90 Å². The molecule has 0 aliphatic carbocycles. The summed E-state index contributed by atoms with van der Waals surface area (Å²) in [5.41, 5.74) is 4.54. The average Bonchev–Trinajstić information content (AvgIpc) is 2.87. The summed E-state index contributed by atoms with van der Waals surface area (Å²) in [7, 11) is -6.17. The second kappa shape index (κ2) is 11.0. The zero-order valence-corrected chi connectivity index (χ0v) is 24.0. The Bertz CT molecular complexity index is 1470. The lowest BCUT2D eigenvalue weighted by atomic mass is 10.1. The van der Waals surface area contributed by atoms with Crippen LogP contribution in [0.15, 0.2) is 113 Å². The monoisotopic (exact) mass is 525 g/mol. The maximum Gasteiger partial charge on any atom is 0.241 e. The summed E-state index contributed by atoms with van der Waals surface area (Å²) < 4.78 is 31.3. The predicted molar refractivity (Wildman–Crippen MR) is 158 cm³/mol. The molecule has 5 heteroatoms. The number of aryl methyl sites for hydroxylation is 3. The first-order valence-corrected chi connectivity index (χ1v) is 17.1. The summed E-state index contributed by atoms with van der Waals surface area (Å²) >= 11 is 0. The van der Waals surface area contributed by atoms with Crippen LogP contribution in [-0.4, -0.2) is 16.5 Å². The molecule has 0 saturated carbocycles. The molecule has 1 N–H and O–H groups in total. The molecule has 3 nitrogen and oxygen atoms in total. The van der Waals surface area contributed by atoms with Gasteiger partial charge in [0.1, 0.15) is 8.07 Å². The minimum atomic E-state index is -3.83. The normalized spacial score (nSPS) is 13.4. The molecule has 0 radical (unpaired) electrons. The lowest BCUT2D eigenvalue weighted by Gasteiger charge is -2.34. The molecular weight excluding hydrogens is 491 g/mol. The van der Waals surface area contributed by atoms with Crippen molar-refractivity contribution in [1.29, 1.82) is 0 Å². The van der Waals surface area contributed by atoms with Crippen LogP contribution in [0.25, 0.3) is 6.08 Å². The Hall–Kier alpha value is -3.25. The van der Waals surface area contributed by atoms with Gasteiger partial charge in [-0.3, -0.25) is 0 Å². The highest BCUT2D eigenvalue weighted by molar-refractivity contribution is 7.89.